The molecule has 29 heavy (non-hydrogen) atoms. The van der Waals surface area contributed by atoms with Gasteiger partial charge in [0.15, 0.2) is 0 Å². The first-order valence-electron chi connectivity index (χ1n) is 10.2. The van der Waals surface area contributed by atoms with Crippen LogP contribution in [0.1, 0.15) is 24.8 Å². The highest BCUT2D eigenvalue weighted by Gasteiger charge is 2.21. The summed E-state index contributed by atoms with van der Waals surface area (Å²) < 4.78 is 8.32. The van der Waals surface area contributed by atoms with Gasteiger partial charge in [0.2, 0.25) is 0 Å². The number of piperidine rings is 1. The molecule has 0 saturated carbocycles. The molecule has 1 aliphatic rings. The maximum Gasteiger partial charge on any atom is 0.140 e. The van der Waals surface area contributed by atoms with Gasteiger partial charge in [0, 0.05) is 42.3 Å². The third-order valence-corrected chi connectivity index (χ3v) is 5.72. The second kappa shape index (κ2) is 9.42. The van der Waals surface area contributed by atoms with Gasteiger partial charge in [-0.1, -0.05) is 11.6 Å². The van der Waals surface area contributed by atoms with Crippen LogP contribution in [0.2, 0.25) is 5.02 Å². The van der Waals surface area contributed by atoms with Crippen molar-refractivity contribution in [1.82, 2.24) is 14.5 Å². The summed E-state index contributed by atoms with van der Waals surface area (Å²) in [5, 5.41) is 1.81. The van der Waals surface area contributed by atoms with E-state index in [2.05, 4.69) is 20.6 Å². The highest BCUT2D eigenvalue weighted by atomic mass is 35.5. The highest BCUT2D eigenvalue weighted by molar-refractivity contribution is 6.30. The number of pyridine rings is 1. The topological polar surface area (TPSA) is 47.4 Å². The van der Waals surface area contributed by atoms with Gasteiger partial charge in [0.1, 0.15) is 23.8 Å². The van der Waals surface area contributed by atoms with Crippen LogP contribution in [0, 0.1) is 0 Å². The molecule has 1 aromatic carbocycles. The minimum atomic E-state index is 0.221. The molecule has 1 unspecified atom stereocenters. The number of fused-ring (bicyclic) bond motifs is 1. The van der Waals surface area contributed by atoms with E-state index in [0.29, 0.717) is 6.42 Å². The lowest BCUT2D eigenvalue weighted by molar-refractivity contribution is -0.107. The minimum absolute atomic E-state index is 0.221. The molecule has 6 heteroatoms. The molecule has 1 saturated heterocycles. The number of nitrogens with zero attached hydrogens (tertiary/aromatic N) is 3. The van der Waals surface area contributed by atoms with Gasteiger partial charge >= 0.3 is 0 Å². The molecule has 152 valence electrons. The molecule has 1 fully saturated rings. The van der Waals surface area contributed by atoms with E-state index in [1.807, 2.05) is 42.6 Å². The number of halogens is 1. The number of carbonyl (C=O) groups excluding carboxylic acids is 1. The van der Waals surface area contributed by atoms with E-state index >= 15 is 0 Å². The quantitative estimate of drug-likeness (QED) is 0.516. The molecule has 2 aromatic heterocycles. The van der Waals surface area contributed by atoms with Crippen LogP contribution in [0.5, 0.6) is 5.75 Å². The van der Waals surface area contributed by atoms with Crippen LogP contribution in [0.25, 0.3) is 11.0 Å². The summed E-state index contributed by atoms with van der Waals surface area (Å²) in [6.45, 7) is 3.98. The predicted molar refractivity (Wildman–Crippen MR) is 116 cm³/mol. The first kappa shape index (κ1) is 19.9. The number of hydrogen-bond acceptors (Lipinski definition) is 4. The number of aldehydes is 1. The molecule has 0 aliphatic carbocycles. The minimum Gasteiger partial charge on any atom is -0.489 e. The Kier molecular flexibility index (Phi) is 6.47. The van der Waals surface area contributed by atoms with E-state index in [0.717, 1.165) is 79.1 Å². The Balaban J connectivity index is 1.32. The molecular formula is C23H26ClN3O2. The fourth-order valence-corrected chi connectivity index (χ4v) is 4.23. The lowest BCUT2D eigenvalue weighted by atomic mass is 10.1. The molecule has 0 bridgehead atoms. The summed E-state index contributed by atoms with van der Waals surface area (Å²) in [5.41, 5.74) is 2.02. The van der Waals surface area contributed by atoms with Crippen molar-refractivity contribution in [2.75, 3.05) is 19.6 Å². The van der Waals surface area contributed by atoms with Crippen molar-refractivity contribution < 1.29 is 9.53 Å². The number of carbonyl (C=O) groups is 1. The zero-order valence-electron chi connectivity index (χ0n) is 16.5. The predicted octanol–water partition coefficient (Wildman–Crippen LogP) is 4.36. The number of benzene rings is 1. The molecule has 0 radical (unpaired) electrons. The lowest BCUT2D eigenvalue weighted by Gasteiger charge is -2.33. The number of likely N-dealkylation sites (tertiary alicyclic amines) is 1. The summed E-state index contributed by atoms with van der Waals surface area (Å²) in [6, 6.07) is 11.6. The number of rotatable bonds is 8. The summed E-state index contributed by atoms with van der Waals surface area (Å²) in [4.78, 5) is 18.0. The molecule has 4 rings (SSSR count). The highest BCUT2D eigenvalue weighted by Crippen LogP contribution is 2.22. The Morgan fingerprint density at radius 2 is 2.07 bits per heavy atom. The fraction of sp³-hybridized carbons (Fsp3) is 0.391. The van der Waals surface area contributed by atoms with Gasteiger partial charge in [-0.25, -0.2) is 4.98 Å². The van der Waals surface area contributed by atoms with Gasteiger partial charge < -0.3 is 14.1 Å². The molecular weight excluding hydrogens is 386 g/mol. The monoisotopic (exact) mass is 411 g/mol. The van der Waals surface area contributed by atoms with Crippen molar-refractivity contribution in [2.45, 2.75) is 38.3 Å². The SMILES string of the molecule is O=CCc1cn(CCCN2CCCC(Oc3ccc(Cl)cc3)C2)c2ncccc12. The zero-order chi connectivity index (χ0) is 20.1. The summed E-state index contributed by atoms with van der Waals surface area (Å²) in [6.07, 6.45) is 8.77. The van der Waals surface area contributed by atoms with Crippen LogP contribution in [-0.2, 0) is 17.8 Å². The fourth-order valence-electron chi connectivity index (χ4n) is 4.10. The van der Waals surface area contributed by atoms with Crippen LogP contribution >= 0.6 is 11.6 Å². The van der Waals surface area contributed by atoms with E-state index in [-0.39, 0.29) is 6.10 Å². The van der Waals surface area contributed by atoms with Crippen LogP contribution in [-0.4, -0.2) is 46.5 Å². The third kappa shape index (κ3) is 4.98. The second-order valence-electron chi connectivity index (χ2n) is 7.58. The molecule has 0 amide bonds. The van der Waals surface area contributed by atoms with Crippen molar-refractivity contribution in [3.63, 3.8) is 0 Å². The average Bonchev–Trinajstić information content (AvgIpc) is 3.08. The Hall–Kier alpha value is -2.37. The first-order valence-corrected chi connectivity index (χ1v) is 10.6. The molecule has 5 nitrogen and oxygen atoms in total. The molecule has 0 spiro atoms. The Labute approximate surface area is 176 Å². The Morgan fingerprint density at radius 1 is 1.21 bits per heavy atom. The van der Waals surface area contributed by atoms with Crippen molar-refractivity contribution in [1.29, 1.82) is 0 Å². The van der Waals surface area contributed by atoms with E-state index in [1.165, 1.54) is 0 Å². The number of aromatic nitrogens is 2. The summed E-state index contributed by atoms with van der Waals surface area (Å²) in [7, 11) is 0. The van der Waals surface area contributed by atoms with E-state index < -0.39 is 0 Å². The van der Waals surface area contributed by atoms with Gasteiger partial charge in [-0.05, 0) is 74.3 Å². The first-order chi connectivity index (χ1) is 14.2. The molecule has 3 aromatic rings. The molecule has 1 atom stereocenters. The largest absolute Gasteiger partial charge is 0.489 e. The van der Waals surface area contributed by atoms with Crippen molar-refractivity contribution in [3.05, 3.63) is 59.4 Å². The number of aryl methyl sites for hydroxylation is 1. The Bertz CT molecular complexity index is 954. The summed E-state index contributed by atoms with van der Waals surface area (Å²) >= 11 is 5.95. The zero-order valence-corrected chi connectivity index (χ0v) is 17.2. The Morgan fingerprint density at radius 3 is 2.90 bits per heavy atom. The van der Waals surface area contributed by atoms with E-state index in [1.54, 1.807) is 0 Å². The van der Waals surface area contributed by atoms with Gasteiger partial charge in [0.25, 0.3) is 0 Å². The summed E-state index contributed by atoms with van der Waals surface area (Å²) in [5.74, 6) is 0.883. The lowest BCUT2D eigenvalue weighted by Crippen LogP contribution is -2.41. The molecule has 0 N–H and O–H groups in total. The van der Waals surface area contributed by atoms with Crippen molar-refractivity contribution in [2.24, 2.45) is 0 Å². The van der Waals surface area contributed by atoms with Gasteiger partial charge in [-0.15, -0.1) is 0 Å². The normalized spacial score (nSPS) is 17.5. The van der Waals surface area contributed by atoms with E-state index in [9.17, 15) is 4.79 Å². The van der Waals surface area contributed by atoms with Gasteiger partial charge in [-0.3, -0.25) is 4.90 Å². The third-order valence-electron chi connectivity index (χ3n) is 5.47. The maximum atomic E-state index is 11.0. The van der Waals surface area contributed by atoms with Crippen molar-refractivity contribution in [3.8, 4) is 5.75 Å². The molecule has 1 aliphatic heterocycles. The standard InChI is InChI=1S/C23H26ClN3O2/c24-19-6-8-20(9-7-19)29-21-4-2-12-26(17-21)13-3-14-27-16-18(10-15-28)22-5-1-11-25-23(22)27/h1,5-9,11,15-16,21H,2-4,10,12-14,17H2. The van der Waals surface area contributed by atoms with Crippen LogP contribution in [0.15, 0.2) is 48.8 Å². The maximum absolute atomic E-state index is 11.0. The molecule has 3 heterocycles. The van der Waals surface area contributed by atoms with Gasteiger partial charge in [0.05, 0.1) is 0 Å². The second-order valence-corrected chi connectivity index (χ2v) is 8.02. The van der Waals surface area contributed by atoms with Gasteiger partial charge in [-0.2, -0.15) is 0 Å². The van der Waals surface area contributed by atoms with Crippen LogP contribution in [0.3, 0.4) is 0 Å². The number of ether oxygens (including phenoxy) is 1. The van der Waals surface area contributed by atoms with Crippen LogP contribution < -0.4 is 4.74 Å². The average molecular weight is 412 g/mol. The van der Waals surface area contributed by atoms with Crippen molar-refractivity contribution >= 4 is 28.9 Å². The number of hydrogen-bond donors (Lipinski definition) is 0. The van der Waals surface area contributed by atoms with E-state index in [4.69, 9.17) is 16.3 Å². The van der Waals surface area contributed by atoms with Crippen LogP contribution in [0.4, 0.5) is 0 Å². The smallest absolute Gasteiger partial charge is 0.140 e.